The van der Waals surface area contributed by atoms with Crippen LogP contribution in [0.4, 0.5) is 4.79 Å². The van der Waals surface area contributed by atoms with Crippen molar-refractivity contribution in [2.45, 2.75) is 24.3 Å². The zero-order valence-electron chi connectivity index (χ0n) is 13.1. The van der Waals surface area contributed by atoms with E-state index in [9.17, 15) is 9.59 Å². The van der Waals surface area contributed by atoms with Gasteiger partial charge in [-0.25, -0.2) is 4.79 Å². The first-order chi connectivity index (χ1) is 10.9. The molecule has 0 bridgehead atoms. The highest BCUT2D eigenvalue weighted by atomic mass is 32.2. The number of aromatic nitrogens is 4. The number of nitrogens with two attached hydrogens (primary N) is 1. The van der Waals surface area contributed by atoms with Crippen LogP contribution in [-0.4, -0.2) is 36.9 Å². The van der Waals surface area contributed by atoms with Crippen LogP contribution in [0, 0.1) is 5.92 Å². The molecule has 8 nitrogen and oxygen atoms in total. The van der Waals surface area contributed by atoms with E-state index in [0.29, 0.717) is 11.0 Å². The van der Waals surface area contributed by atoms with Crippen molar-refractivity contribution >= 4 is 23.7 Å². The summed E-state index contributed by atoms with van der Waals surface area (Å²) in [6.07, 6.45) is 3.37. The summed E-state index contributed by atoms with van der Waals surface area (Å²) in [6.45, 7) is 3.77. The SMILES string of the molecule is CC(C)C(Sc1nnc(-c2cccnc2)n1C)C(=O)NC(N)=O. The Bertz CT molecular complexity index is 701. The van der Waals surface area contributed by atoms with Crippen LogP contribution in [0.1, 0.15) is 13.8 Å². The van der Waals surface area contributed by atoms with Crippen molar-refractivity contribution in [2.75, 3.05) is 0 Å². The van der Waals surface area contributed by atoms with Crippen LogP contribution in [-0.2, 0) is 11.8 Å². The maximum Gasteiger partial charge on any atom is 0.318 e. The van der Waals surface area contributed by atoms with Gasteiger partial charge >= 0.3 is 6.03 Å². The van der Waals surface area contributed by atoms with Crippen molar-refractivity contribution in [1.29, 1.82) is 0 Å². The van der Waals surface area contributed by atoms with Gasteiger partial charge in [0.1, 0.15) is 0 Å². The monoisotopic (exact) mass is 334 g/mol. The summed E-state index contributed by atoms with van der Waals surface area (Å²) in [5, 5.41) is 10.5. The van der Waals surface area contributed by atoms with Crippen LogP contribution >= 0.6 is 11.8 Å². The molecule has 9 heteroatoms. The van der Waals surface area contributed by atoms with Crippen LogP contribution in [0.5, 0.6) is 0 Å². The smallest absolute Gasteiger partial charge is 0.318 e. The Balaban J connectivity index is 2.23. The van der Waals surface area contributed by atoms with Gasteiger partial charge in [-0.05, 0) is 18.1 Å². The van der Waals surface area contributed by atoms with Crippen LogP contribution in [0.15, 0.2) is 29.7 Å². The van der Waals surface area contributed by atoms with Crippen LogP contribution < -0.4 is 11.1 Å². The molecule has 2 aromatic rings. The van der Waals surface area contributed by atoms with Gasteiger partial charge in [-0.3, -0.25) is 15.1 Å². The minimum Gasteiger partial charge on any atom is -0.351 e. The highest BCUT2D eigenvalue weighted by Crippen LogP contribution is 2.29. The Kier molecular flexibility index (Phi) is 5.32. The average Bonchev–Trinajstić information content (AvgIpc) is 2.85. The first-order valence-corrected chi connectivity index (χ1v) is 7.85. The van der Waals surface area contributed by atoms with E-state index in [1.54, 1.807) is 17.0 Å². The molecule has 0 saturated carbocycles. The number of nitrogens with zero attached hydrogens (tertiary/aromatic N) is 4. The molecule has 0 aromatic carbocycles. The van der Waals surface area contributed by atoms with Crippen LogP contribution in [0.25, 0.3) is 11.4 Å². The van der Waals surface area contributed by atoms with E-state index in [4.69, 9.17) is 5.73 Å². The predicted molar refractivity (Wildman–Crippen MR) is 86.4 cm³/mol. The molecule has 3 amide bonds. The molecule has 1 atom stereocenters. The van der Waals surface area contributed by atoms with E-state index >= 15 is 0 Å². The van der Waals surface area contributed by atoms with E-state index in [1.165, 1.54) is 11.8 Å². The van der Waals surface area contributed by atoms with E-state index in [-0.39, 0.29) is 5.92 Å². The molecule has 0 aliphatic heterocycles. The molecule has 2 aromatic heterocycles. The number of rotatable bonds is 5. The predicted octanol–water partition coefficient (Wildman–Crippen LogP) is 1.19. The Morgan fingerprint density at radius 3 is 2.65 bits per heavy atom. The third kappa shape index (κ3) is 4.07. The van der Waals surface area contributed by atoms with Gasteiger partial charge < -0.3 is 10.3 Å². The summed E-state index contributed by atoms with van der Waals surface area (Å²) < 4.78 is 1.79. The summed E-state index contributed by atoms with van der Waals surface area (Å²) in [7, 11) is 1.81. The Labute approximate surface area is 137 Å². The fourth-order valence-electron chi connectivity index (χ4n) is 1.96. The molecule has 0 spiro atoms. The number of nitrogens with one attached hydrogen (secondary N) is 1. The van der Waals surface area contributed by atoms with Crippen LogP contribution in [0.2, 0.25) is 0 Å². The molecule has 0 aliphatic rings. The lowest BCUT2D eigenvalue weighted by Gasteiger charge is -2.18. The second-order valence-corrected chi connectivity index (χ2v) is 6.35. The number of carbonyl (C=O) groups excluding carboxylic acids is 2. The molecule has 0 saturated heterocycles. The van der Waals surface area contributed by atoms with Gasteiger partial charge in [-0.2, -0.15) is 0 Å². The Morgan fingerprint density at radius 2 is 2.09 bits per heavy atom. The third-order valence-corrected chi connectivity index (χ3v) is 4.68. The first-order valence-electron chi connectivity index (χ1n) is 6.97. The van der Waals surface area contributed by atoms with Crippen molar-refractivity contribution in [3.8, 4) is 11.4 Å². The standard InChI is InChI=1S/C14H18N6O2S/c1-8(2)10(12(21)17-13(15)22)23-14-19-18-11(20(14)3)9-5-4-6-16-7-9/h4-8,10H,1-3H3,(H3,15,17,21,22). The van der Waals surface area contributed by atoms with Gasteiger partial charge in [0.2, 0.25) is 5.91 Å². The Hall–Kier alpha value is -2.42. The number of amides is 3. The lowest BCUT2D eigenvalue weighted by molar-refractivity contribution is -0.120. The summed E-state index contributed by atoms with van der Waals surface area (Å²) in [5.41, 5.74) is 5.85. The lowest BCUT2D eigenvalue weighted by atomic mass is 10.1. The number of urea groups is 1. The van der Waals surface area contributed by atoms with Gasteiger partial charge in [0, 0.05) is 25.0 Å². The van der Waals surface area contributed by atoms with E-state index in [1.807, 2.05) is 33.0 Å². The molecule has 2 heterocycles. The summed E-state index contributed by atoms with van der Waals surface area (Å²) in [5.74, 6) is 0.194. The molecule has 2 rings (SSSR count). The second kappa shape index (κ2) is 7.23. The van der Waals surface area contributed by atoms with Gasteiger partial charge in [0.15, 0.2) is 11.0 Å². The molecular formula is C14H18N6O2S. The molecule has 3 N–H and O–H groups in total. The van der Waals surface area contributed by atoms with Crippen molar-refractivity contribution in [1.82, 2.24) is 25.1 Å². The van der Waals surface area contributed by atoms with Gasteiger partial charge in [0.25, 0.3) is 0 Å². The quantitative estimate of drug-likeness (QED) is 0.793. The van der Waals surface area contributed by atoms with E-state index < -0.39 is 17.2 Å². The number of hydrogen-bond acceptors (Lipinski definition) is 6. The maximum atomic E-state index is 12.1. The number of carbonyl (C=O) groups is 2. The summed E-state index contributed by atoms with van der Waals surface area (Å²) in [4.78, 5) is 27.0. The van der Waals surface area contributed by atoms with Gasteiger partial charge in [0.05, 0.1) is 5.25 Å². The average molecular weight is 334 g/mol. The van der Waals surface area contributed by atoms with Gasteiger partial charge in [-0.15, -0.1) is 10.2 Å². The van der Waals surface area contributed by atoms with E-state index in [2.05, 4.69) is 20.5 Å². The molecule has 1 unspecified atom stereocenters. The maximum absolute atomic E-state index is 12.1. The minimum absolute atomic E-state index is 0.0158. The highest BCUT2D eigenvalue weighted by molar-refractivity contribution is 8.00. The normalized spacial score (nSPS) is 12.2. The fourth-order valence-corrected chi connectivity index (χ4v) is 2.96. The number of hydrogen-bond donors (Lipinski definition) is 2. The van der Waals surface area contributed by atoms with Crippen molar-refractivity contribution in [2.24, 2.45) is 18.7 Å². The number of imide groups is 1. The lowest BCUT2D eigenvalue weighted by Crippen LogP contribution is -2.42. The third-order valence-electron chi connectivity index (χ3n) is 3.10. The zero-order valence-corrected chi connectivity index (χ0v) is 13.9. The molecule has 23 heavy (non-hydrogen) atoms. The highest BCUT2D eigenvalue weighted by Gasteiger charge is 2.27. The molecule has 0 aliphatic carbocycles. The van der Waals surface area contributed by atoms with Crippen molar-refractivity contribution in [3.63, 3.8) is 0 Å². The molecule has 122 valence electrons. The number of thioether (sulfide) groups is 1. The Morgan fingerprint density at radius 1 is 1.35 bits per heavy atom. The first kappa shape index (κ1) is 16.9. The zero-order chi connectivity index (χ0) is 17.0. The molecule has 0 fully saturated rings. The topological polar surface area (TPSA) is 116 Å². The van der Waals surface area contributed by atoms with E-state index in [0.717, 1.165) is 5.56 Å². The fraction of sp³-hybridized carbons (Fsp3) is 0.357. The number of pyridine rings is 1. The number of primary amides is 1. The summed E-state index contributed by atoms with van der Waals surface area (Å²) in [6, 6.07) is 2.83. The van der Waals surface area contributed by atoms with Crippen molar-refractivity contribution in [3.05, 3.63) is 24.5 Å². The second-order valence-electron chi connectivity index (χ2n) is 5.24. The minimum atomic E-state index is -0.865. The van der Waals surface area contributed by atoms with Crippen molar-refractivity contribution < 1.29 is 9.59 Å². The summed E-state index contributed by atoms with van der Waals surface area (Å²) >= 11 is 1.24. The largest absolute Gasteiger partial charge is 0.351 e. The molecule has 0 radical (unpaired) electrons. The van der Waals surface area contributed by atoms with Gasteiger partial charge in [-0.1, -0.05) is 25.6 Å². The molecular weight excluding hydrogens is 316 g/mol. The van der Waals surface area contributed by atoms with Crippen LogP contribution in [0.3, 0.4) is 0 Å².